The molecule has 3 aliphatic heterocycles. The first kappa shape index (κ1) is 16.5. The summed E-state index contributed by atoms with van der Waals surface area (Å²) in [6.45, 7) is 1.98. The van der Waals surface area contributed by atoms with Crippen LogP contribution in [0.5, 0.6) is 0 Å². The Bertz CT molecular complexity index is 569. The summed E-state index contributed by atoms with van der Waals surface area (Å²) in [6, 6.07) is 2.35. The highest BCUT2D eigenvalue weighted by Gasteiger charge is 2.65. The molecule has 0 aromatic carbocycles. The molecule has 3 saturated heterocycles. The number of rotatable bonds is 2. The van der Waals surface area contributed by atoms with E-state index < -0.39 is 0 Å². The van der Waals surface area contributed by atoms with E-state index in [9.17, 15) is 0 Å². The molecule has 0 aromatic rings. The lowest BCUT2D eigenvalue weighted by Gasteiger charge is -2.44. The van der Waals surface area contributed by atoms with E-state index in [1.54, 1.807) is 0 Å². The van der Waals surface area contributed by atoms with Crippen molar-refractivity contribution in [1.82, 2.24) is 0 Å². The van der Waals surface area contributed by atoms with Crippen molar-refractivity contribution in [1.29, 1.82) is 5.26 Å². The molecule has 2 saturated carbocycles. The smallest absolute Gasteiger partial charge is 0.169 e. The van der Waals surface area contributed by atoms with Crippen LogP contribution in [-0.2, 0) is 18.9 Å². The molecule has 138 valence electrons. The highest BCUT2D eigenvalue weighted by Crippen LogP contribution is 2.55. The summed E-state index contributed by atoms with van der Waals surface area (Å²) in [5.41, 5.74) is -0.215. The van der Waals surface area contributed by atoms with Gasteiger partial charge in [0.15, 0.2) is 5.79 Å². The van der Waals surface area contributed by atoms with Gasteiger partial charge in [0.1, 0.15) is 6.10 Å². The Morgan fingerprint density at radius 1 is 1.04 bits per heavy atom. The van der Waals surface area contributed by atoms with E-state index in [1.807, 2.05) is 6.92 Å². The predicted molar refractivity (Wildman–Crippen MR) is 89.7 cm³/mol. The topological polar surface area (TPSA) is 60.7 Å². The van der Waals surface area contributed by atoms with Gasteiger partial charge in [0.2, 0.25) is 0 Å². The van der Waals surface area contributed by atoms with Crippen LogP contribution >= 0.6 is 0 Å². The number of ether oxygens (including phenoxy) is 4. The molecule has 3 heterocycles. The monoisotopic (exact) mass is 347 g/mol. The van der Waals surface area contributed by atoms with Gasteiger partial charge in [0.05, 0.1) is 36.1 Å². The molecular formula is C20H29NO4. The maximum absolute atomic E-state index is 9.12. The van der Waals surface area contributed by atoms with Crippen LogP contribution in [0.3, 0.4) is 0 Å². The molecular weight excluding hydrogens is 318 g/mol. The molecule has 25 heavy (non-hydrogen) atoms. The molecule has 5 fully saturated rings. The molecule has 5 aliphatic rings. The minimum Gasteiger partial charge on any atom is -0.369 e. The van der Waals surface area contributed by atoms with Crippen LogP contribution in [0.25, 0.3) is 0 Å². The molecule has 2 aliphatic carbocycles. The minimum atomic E-state index is -0.350. The van der Waals surface area contributed by atoms with Crippen molar-refractivity contribution in [2.75, 3.05) is 0 Å². The first-order valence-electron chi connectivity index (χ1n) is 10.2. The van der Waals surface area contributed by atoms with Crippen LogP contribution in [0, 0.1) is 17.2 Å². The Morgan fingerprint density at radius 3 is 2.64 bits per heavy atom. The number of hydrogen-bond donors (Lipinski definition) is 0. The number of fused-ring (bicyclic) bond motifs is 3. The Kier molecular flexibility index (Phi) is 3.91. The van der Waals surface area contributed by atoms with E-state index in [-0.39, 0.29) is 47.8 Å². The third kappa shape index (κ3) is 2.65. The lowest BCUT2D eigenvalue weighted by Crippen LogP contribution is -2.53. The molecule has 5 rings (SSSR count). The first-order chi connectivity index (χ1) is 12.1. The van der Waals surface area contributed by atoms with Crippen LogP contribution in [0.2, 0.25) is 0 Å². The minimum absolute atomic E-state index is 0.0454. The van der Waals surface area contributed by atoms with Gasteiger partial charge >= 0.3 is 0 Å². The Morgan fingerprint density at radius 2 is 1.84 bits per heavy atom. The van der Waals surface area contributed by atoms with Crippen LogP contribution in [0.15, 0.2) is 0 Å². The van der Waals surface area contributed by atoms with Crippen molar-refractivity contribution >= 4 is 0 Å². The van der Waals surface area contributed by atoms with Gasteiger partial charge in [0, 0.05) is 31.6 Å². The number of hydrogen-bond acceptors (Lipinski definition) is 5. The van der Waals surface area contributed by atoms with Gasteiger partial charge in [-0.2, -0.15) is 5.26 Å². The van der Waals surface area contributed by atoms with E-state index in [0.29, 0.717) is 0 Å². The second kappa shape index (κ2) is 5.92. The van der Waals surface area contributed by atoms with Gasteiger partial charge in [-0.05, 0) is 39.0 Å². The van der Waals surface area contributed by atoms with Crippen molar-refractivity contribution in [2.45, 2.75) is 113 Å². The normalized spacial score (nSPS) is 48.6. The summed E-state index contributed by atoms with van der Waals surface area (Å²) in [5.74, 6) is -0.305. The van der Waals surface area contributed by atoms with Crippen LogP contribution in [-0.4, -0.2) is 41.9 Å². The zero-order valence-corrected chi connectivity index (χ0v) is 15.1. The summed E-state index contributed by atoms with van der Waals surface area (Å²) >= 11 is 0. The van der Waals surface area contributed by atoms with Gasteiger partial charge in [-0.3, -0.25) is 0 Å². The highest BCUT2D eigenvalue weighted by atomic mass is 16.8. The molecule has 5 heteroatoms. The van der Waals surface area contributed by atoms with E-state index in [1.165, 1.54) is 19.3 Å². The van der Waals surface area contributed by atoms with Gasteiger partial charge in [-0.25, -0.2) is 0 Å². The van der Waals surface area contributed by atoms with Gasteiger partial charge < -0.3 is 18.9 Å². The quantitative estimate of drug-likeness (QED) is 0.765. The second-order valence-corrected chi connectivity index (χ2v) is 8.93. The molecule has 3 unspecified atom stereocenters. The molecule has 7 atom stereocenters. The van der Waals surface area contributed by atoms with Crippen molar-refractivity contribution in [3.8, 4) is 6.07 Å². The van der Waals surface area contributed by atoms with Crippen LogP contribution in [0.1, 0.15) is 71.1 Å². The maximum atomic E-state index is 9.12. The zero-order chi connectivity index (χ0) is 17.1. The number of nitrogens with zero attached hydrogens (tertiary/aromatic N) is 1. The predicted octanol–water partition coefficient (Wildman–Crippen LogP) is 3.46. The lowest BCUT2D eigenvalue weighted by molar-refractivity contribution is -0.216. The van der Waals surface area contributed by atoms with Crippen LogP contribution in [0.4, 0.5) is 0 Å². The highest BCUT2D eigenvalue weighted by molar-refractivity contribution is 5.12. The summed E-state index contributed by atoms with van der Waals surface area (Å²) in [5, 5.41) is 9.12. The molecule has 0 aromatic heterocycles. The molecule has 2 bridgehead atoms. The second-order valence-electron chi connectivity index (χ2n) is 8.93. The van der Waals surface area contributed by atoms with Crippen molar-refractivity contribution < 1.29 is 18.9 Å². The lowest BCUT2D eigenvalue weighted by atomic mass is 9.76. The van der Waals surface area contributed by atoms with Gasteiger partial charge in [0.25, 0.3) is 0 Å². The maximum Gasteiger partial charge on any atom is 0.169 e. The third-order valence-corrected chi connectivity index (χ3v) is 7.07. The van der Waals surface area contributed by atoms with Crippen molar-refractivity contribution in [3.05, 3.63) is 0 Å². The molecule has 0 N–H and O–H groups in total. The summed E-state index contributed by atoms with van der Waals surface area (Å²) in [4.78, 5) is 0. The summed E-state index contributed by atoms with van der Waals surface area (Å²) < 4.78 is 26.0. The summed E-state index contributed by atoms with van der Waals surface area (Å²) in [7, 11) is 0. The Balaban J connectivity index is 1.33. The molecule has 0 radical (unpaired) electrons. The van der Waals surface area contributed by atoms with Gasteiger partial charge in [-0.15, -0.1) is 0 Å². The van der Waals surface area contributed by atoms with Crippen molar-refractivity contribution in [3.63, 3.8) is 0 Å². The fourth-order valence-electron chi connectivity index (χ4n) is 5.94. The van der Waals surface area contributed by atoms with E-state index in [0.717, 1.165) is 44.9 Å². The largest absolute Gasteiger partial charge is 0.369 e. The fraction of sp³-hybridized carbons (Fsp3) is 0.950. The fourth-order valence-corrected chi connectivity index (χ4v) is 5.94. The zero-order valence-electron chi connectivity index (χ0n) is 15.1. The molecule has 5 nitrogen and oxygen atoms in total. The van der Waals surface area contributed by atoms with Crippen LogP contribution < -0.4 is 0 Å². The van der Waals surface area contributed by atoms with Gasteiger partial charge in [-0.1, -0.05) is 6.42 Å². The SMILES string of the molecule is C[C@@H](C#N)CC1CCC2O[C@@H]3CC2(C[C@H]2OC4(CCCCC4)O[C@@H]32)O1. The summed E-state index contributed by atoms with van der Waals surface area (Å²) in [6.07, 6.45) is 11.0. The Labute approximate surface area is 149 Å². The van der Waals surface area contributed by atoms with Crippen molar-refractivity contribution in [2.24, 2.45) is 5.92 Å². The first-order valence-corrected chi connectivity index (χ1v) is 10.2. The Hall–Kier alpha value is -0.670. The molecule has 0 amide bonds. The number of nitriles is 1. The van der Waals surface area contributed by atoms with E-state index in [4.69, 9.17) is 24.2 Å². The third-order valence-electron chi connectivity index (χ3n) is 7.07. The van der Waals surface area contributed by atoms with E-state index in [2.05, 4.69) is 6.07 Å². The van der Waals surface area contributed by atoms with E-state index >= 15 is 0 Å². The average Bonchev–Trinajstić information content (AvgIpc) is 3.11. The standard InChI is InChI=1S/C20H29NO4/c1-13(12-21)9-14-5-6-17-19(23-14)10-15(22-17)18-16(11-19)24-20(25-18)7-3-2-4-8-20/h13-18H,2-11H2,1H3/t13-,14?,15-,16-,17?,18+,19?/m1/s1. The average molecular weight is 347 g/mol. The molecule has 2 spiro atoms.